The maximum Gasteiger partial charge on any atom is 0.122 e. The minimum absolute atomic E-state index is 0.290. The number of unbranched alkanes of at least 4 members (excludes halogenated alkanes) is 4. The van der Waals surface area contributed by atoms with Crippen LogP contribution in [0.3, 0.4) is 0 Å². The van der Waals surface area contributed by atoms with E-state index >= 15 is 0 Å². The summed E-state index contributed by atoms with van der Waals surface area (Å²) in [6.45, 7) is 11.5. The van der Waals surface area contributed by atoms with Crippen LogP contribution >= 0.6 is 22.6 Å². The van der Waals surface area contributed by atoms with E-state index in [1.54, 1.807) is 12.1 Å². The van der Waals surface area contributed by atoms with Crippen LogP contribution in [-0.4, -0.2) is 13.6 Å². The Balaban J connectivity index is 2.45. The molecule has 27 heavy (non-hydrogen) atoms. The van der Waals surface area contributed by atoms with Gasteiger partial charge in [0.25, 0.3) is 0 Å². The van der Waals surface area contributed by atoms with Crippen molar-refractivity contribution in [3.05, 3.63) is 23.3 Å². The molecule has 3 heteroatoms. The Bertz CT molecular complexity index is 558. The van der Waals surface area contributed by atoms with E-state index in [-0.39, 0.29) is 0 Å². The summed E-state index contributed by atoms with van der Waals surface area (Å²) in [6, 6.07) is 3.48. The first-order valence-corrected chi connectivity index (χ1v) is 11.8. The van der Waals surface area contributed by atoms with E-state index < -0.39 is 0 Å². The van der Waals surface area contributed by atoms with Crippen molar-refractivity contribution in [1.82, 2.24) is 0 Å². The van der Waals surface area contributed by atoms with Crippen molar-refractivity contribution in [2.75, 3.05) is 0 Å². The van der Waals surface area contributed by atoms with Gasteiger partial charge in [-0.05, 0) is 67.2 Å². The van der Waals surface area contributed by atoms with Crippen molar-refractivity contribution in [2.24, 2.45) is 5.41 Å². The summed E-state index contributed by atoms with van der Waals surface area (Å²) < 4.78 is 0.366. The number of alkyl halides is 1. The summed E-state index contributed by atoms with van der Waals surface area (Å²) in [7, 11) is 0. The van der Waals surface area contributed by atoms with Gasteiger partial charge in [0.2, 0.25) is 0 Å². The molecule has 0 atom stereocenters. The van der Waals surface area contributed by atoms with Crippen LogP contribution in [0.25, 0.3) is 0 Å². The molecule has 156 valence electrons. The number of aromatic hydroxyl groups is 2. The van der Waals surface area contributed by atoms with Crippen LogP contribution in [0, 0.1) is 5.41 Å². The molecule has 0 bridgehead atoms. The Labute approximate surface area is 181 Å². The minimum Gasteiger partial charge on any atom is -0.508 e. The van der Waals surface area contributed by atoms with Crippen molar-refractivity contribution in [3.63, 3.8) is 0 Å². The molecular formula is C24H41IO2. The number of benzene rings is 1. The molecule has 0 aliphatic rings. The highest BCUT2D eigenvalue weighted by Crippen LogP contribution is 2.32. The van der Waals surface area contributed by atoms with Gasteiger partial charge in [-0.2, -0.15) is 0 Å². The third-order valence-electron chi connectivity index (χ3n) is 5.73. The Hall–Kier alpha value is -0.450. The van der Waals surface area contributed by atoms with E-state index in [0.717, 1.165) is 36.8 Å². The lowest BCUT2D eigenvalue weighted by molar-refractivity contribution is 0.308. The lowest BCUT2D eigenvalue weighted by Gasteiger charge is -2.22. The summed E-state index contributed by atoms with van der Waals surface area (Å²) >= 11 is 2.51. The second-order valence-corrected chi connectivity index (χ2v) is 12.4. The van der Waals surface area contributed by atoms with Crippen molar-refractivity contribution >= 4 is 22.6 Å². The highest BCUT2D eigenvalue weighted by atomic mass is 127. The summed E-state index contributed by atoms with van der Waals surface area (Å²) in [6.07, 6.45) is 12.3. The molecule has 1 aromatic carbocycles. The van der Waals surface area contributed by atoms with Crippen molar-refractivity contribution in [2.45, 2.75) is 109 Å². The summed E-state index contributed by atoms with van der Waals surface area (Å²) in [4.78, 5) is 0. The first-order valence-electron chi connectivity index (χ1n) is 10.8. The zero-order valence-corrected chi connectivity index (χ0v) is 20.4. The fourth-order valence-electron chi connectivity index (χ4n) is 3.43. The molecule has 0 aliphatic heterocycles. The molecule has 0 unspecified atom stereocenters. The highest BCUT2D eigenvalue weighted by Gasteiger charge is 2.15. The Morgan fingerprint density at radius 1 is 0.778 bits per heavy atom. The number of phenols is 2. The van der Waals surface area contributed by atoms with Gasteiger partial charge in [0.05, 0.1) is 0 Å². The van der Waals surface area contributed by atoms with Crippen LogP contribution in [0.5, 0.6) is 11.5 Å². The van der Waals surface area contributed by atoms with Gasteiger partial charge >= 0.3 is 0 Å². The number of aryl methyl sites for hydroxylation is 2. The van der Waals surface area contributed by atoms with Gasteiger partial charge in [0.1, 0.15) is 11.5 Å². The fourth-order valence-corrected chi connectivity index (χ4v) is 3.81. The fraction of sp³-hybridized carbons (Fsp3) is 0.750. The third-order valence-corrected chi connectivity index (χ3v) is 6.27. The molecule has 0 aliphatic carbocycles. The van der Waals surface area contributed by atoms with E-state index in [1.165, 1.54) is 44.9 Å². The summed E-state index contributed by atoms with van der Waals surface area (Å²) in [5.74, 6) is 0.703. The van der Waals surface area contributed by atoms with Crippen LogP contribution in [0.1, 0.15) is 104 Å². The number of halogens is 1. The maximum atomic E-state index is 10.6. The normalized spacial score (nSPS) is 12.5. The van der Waals surface area contributed by atoms with Gasteiger partial charge in [0, 0.05) is 3.42 Å². The molecule has 2 nitrogen and oxygen atoms in total. The molecule has 0 saturated heterocycles. The van der Waals surface area contributed by atoms with Gasteiger partial charge in [0.15, 0.2) is 0 Å². The molecule has 0 spiro atoms. The number of phenolic OH excluding ortho intramolecular Hbond substituents is 2. The Morgan fingerprint density at radius 3 is 1.70 bits per heavy atom. The monoisotopic (exact) mass is 488 g/mol. The minimum atomic E-state index is 0.290. The molecule has 0 heterocycles. The van der Waals surface area contributed by atoms with Crippen molar-refractivity contribution < 1.29 is 10.2 Å². The van der Waals surface area contributed by atoms with Gasteiger partial charge < -0.3 is 10.2 Å². The second kappa shape index (κ2) is 11.5. The topological polar surface area (TPSA) is 40.5 Å². The Kier molecular flexibility index (Phi) is 10.5. The average molecular weight is 488 g/mol. The SMILES string of the molecule is CCC(C)(C)CCCCCc1cc(O)cc(CCCCCC(C)(C)I)c1O. The summed E-state index contributed by atoms with van der Waals surface area (Å²) in [5, 5.41) is 20.7. The first-order chi connectivity index (χ1) is 12.5. The zero-order valence-electron chi connectivity index (χ0n) is 18.2. The number of hydrogen-bond donors (Lipinski definition) is 2. The van der Waals surface area contributed by atoms with E-state index in [2.05, 4.69) is 57.2 Å². The van der Waals surface area contributed by atoms with Crippen molar-refractivity contribution in [3.8, 4) is 11.5 Å². The van der Waals surface area contributed by atoms with Gasteiger partial charge in [-0.25, -0.2) is 0 Å². The second-order valence-electron chi connectivity index (χ2n) is 9.47. The predicted molar refractivity (Wildman–Crippen MR) is 126 cm³/mol. The van der Waals surface area contributed by atoms with Crippen LogP contribution < -0.4 is 0 Å². The molecule has 1 aromatic rings. The molecule has 1 rings (SSSR count). The molecular weight excluding hydrogens is 447 g/mol. The van der Waals surface area contributed by atoms with E-state index in [9.17, 15) is 10.2 Å². The van der Waals surface area contributed by atoms with Crippen LogP contribution in [-0.2, 0) is 12.8 Å². The van der Waals surface area contributed by atoms with Gasteiger partial charge in [-0.3, -0.25) is 0 Å². The lowest BCUT2D eigenvalue weighted by atomic mass is 9.84. The highest BCUT2D eigenvalue weighted by molar-refractivity contribution is 14.1. The number of rotatable bonds is 13. The molecule has 0 radical (unpaired) electrons. The molecule has 0 amide bonds. The molecule has 2 N–H and O–H groups in total. The van der Waals surface area contributed by atoms with Gasteiger partial charge in [-0.15, -0.1) is 0 Å². The maximum absolute atomic E-state index is 10.6. The predicted octanol–water partition coefficient (Wildman–Crippen LogP) is 7.95. The zero-order chi connectivity index (χ0) is 20.5. The van der Waals surface area contributed by atoms with E-state index in [4.69, 9.17) is 0 Å². The first kappa shape index (κ1) is 24.6. The lowest BCUT2D eigenvalue weighted by Crippen LogP contribution is -2.08. The van der Waals surface area contributed by atoms with Crippen LogP contribution in [0.15, 0.2) is 12.1 Å². The van der Waals surface area contributed by atoms with Crippen LogP contribution in [0.4, 0.5) is 0 Å². The molecule has 0 fully saturated rings. The molecule has 0 aromatic heterocycles. The van der Waals surface area contributed by atoms with E-state index in [1.807, 2.05) is 0 Å². The van der Waals surface area contributed by atoms with Gasteiger partial charge in [-0.1, -0.05) is 89.3 Å². The quantitative estimate of drug-likeness (QED) is 0.128. The standard InChI is InChI=1S/C24H41IO2/c1-6-23(2,3)15-11-7-9-13-19-17-21(26)18-20(22(19)27)14-10-8-12-16-24(4,5)25/h17-18,26-27H,6-16H2,1-5H3. The largest absolute Gasteiger partial charge is 0.508 e. The molecule has 0 saturated carbocycles. The average Bonchev–Trinajstić information content (AvgIpc) is 2.56. The van der Waals surface area contributed by atoms with Crippen LogP contribution in [0.2, 0.25) is 0 Å². The van der Waals surface area contributed by atoms with E-state index in [0.29, 0.717) is 20.3 Å². The smallest absolute Gasteiger partial charge is 0.122 e. The third kappa shape index (κ3) is 10.6. The van der Waals surface area contributed by atoms with Crippen molar-refractivity contribution in [1.29, 1.82) is 0 Å². The summed E-state index contributed by atoms with van der Waals surface area (Å²) in [5.41, 5.74) is 2.26. The Morgan fingerprint density at radius 2 is 1.26 bits per heavy atom. The number of hydrogen-bond acceptors (Lipinski definition) is 2.